The average Bonchev–Trinajstić information content (AvgIpc) is 2.32. The van der Waals surface area contributed by atoms with Crippen LogP contribution in [-0.4, -0.2) is 41.8 Å². The van der Waals surface area contributed by atoms with Gasteiger partial charge >= 0.3 is 5.97 Å². The largest absolute Gasteiger partial charge is 0.478 e. The van der Waals surface area contributed by atoms with Gasteiger partial charge in [0.05, 0.1) is 18.8 Å². The van der Waals surface area contributed by atoms with E-state index in [4.69, 9.17) is 9.84 Å². The molecule has 1 saturated heterocycles. The molecule has 1 unspecified atom stereocenters. The molecule has 4 nitrogen and oxygen atoms in total. The van der Waals surface area contributed by atoms with Crippen molar-refractivity contribution < 1.29 is 19.0 Å². The Hall–Kier alpha value is -1.46. The molecule has 0 bridgehead atoms. The number of hydrogen-bond acceptors (Lipinski definition) is 3. The van der Waals surface area contributed by atoms with Gasteiger partial charge in [-0.05, 0) is 24.6 Å². The quantitative estimate of drug-likeness (QED) is 0.891. The Balaban J connectivity index is 2.10. The maximum absolute atomic E-state index is 13.5. The number of benzene rings is 1. The molecule has 98 valence electrons. The summed E-state index contributed by atoms with van der Waals surface area (Å²) in [5.41, 5.74) is 0.500. The highest BCUT2D eigenvalue weighted by atomic mass is 19.1. The number of nitrogens with zero attached hydrogens (tertiary/aromatic N) is 1. The summed E-state index contributed by atoms with van der Waals surface area (Å²) in [4.78, 5) is 12.9. The number of carboxylic acids is 1. The molecule has 2 rings (SSSR count). The van der Waals surface area contributed by atoms with E-state index in [0.29, 0.717) is 25.8 Å². The Morgan fingerprint density at radius 3 is 3.00 bits per heavy atom. The molecule has 1 N–H and O–H groups in total. The molecule has 1 fully saturated rings. The van der Waals surface area contributed by atoms with Crippen molar-refractivity contribution in [2.75, 3.05) is 19.8 Å². The number of aromatic carboxylic acids is 1. The zero-order valence-electron chi connectivity index (χ0n) is 10.2. The molecule has 1 aromatic carbocycles. The maximum atomic E-state index is 13.5. The predicted octanol–water partition coefficient (Wildman–Crippen LogP) is 1.74. The van der Waals surface area contributed by atoms with E-state index >= 15 is 0 Å². The summed E-state index contributed by atoms with van der Waals surface area (Å²) in [6, 6.07) is 4.57. The molecule has 0 spiro atoms. The van der Waals surface area contributed by atoms with Crippen LogP contribution in [-0.2, 0) is 11.3 Å². The summed E-state index contributed by atoms with van der Waals surface area (Å²) in [6.07, 6.45) is 0. The zero-order valence-corrected chi connectivity index (χ0v) is 10.2. The smallest absolute Gasteiger partial charge is 0.338 e. The van der Waals surface area contributed by atoms with Crippen molar-refractivity contribution in [3.8, 4) is 0 Å². The number of morpholine rings is 1. The first-order valence-corrected chi connectivity index (χ1v) is 5.91. The van der Waals surface area contributed by atoms with Crippen molar-refractivity contribution in [1.29, 1.82) is 0 Å². The van der Waals surface area contributed by atoms with Crippen LogP contribution < -0.4 is 0 Å². The van der Waals surface area contributed by atoms with Crippen molar-refractivity contribution in [2.45, 2.75) is 19.5 Å². The monoisotopic (exact) mass is 253 g/mol. The van der Waals surface area contributed by atoms with Gasteiger partial charge in [-0.15, -0.1) is 0 Å². The lowest BCUT2D eigenvalue weighted by Crippen LogP contribution is -2.42. The Morgan fingerprint density at radius 2 is 2.39 bits per heavy atom. The molecule has 0 saturated carbocycles. The minimum Gasteiger partial charge on any atom is -0.478 e. The number of carboxylic acid groups (broad SMARTS) is 1. The summed E-state index contributed by atoms with van der Waals surface area (Å²) in [7, 11) is 0. The zero-order chi connectivity index (χ0) is 13.1. The Labute approximate surface area is 105 Å². The molecule has 5 heteroatoms. The maximum Gasteiger partial charge on any atom is 0.338 e. The van der Waals surface area contributed by atoms with E-state index in [2.05, 4.69) is 11.8 Å². The lowest BCUT2D eigenvalue weighted by Gasteiger charge is -2.33. The lowest BCUT2D eigenvalue weighted by atomic mass is 10.1. The third-order valence-corrected chi connectivity index (χ3v) is 3.15. The second kappa shape index (κ2) is 5.46. The second-order valence-corrected chi connectivity index (χ2v) is 4.51. The van der Waals surface area contributed by atoms with Crippen LogP contribution in [0.15, 0.2) is 18.2 Å². The van der Waals surface area contributed by atoms with Crippen LogP contribution in [0.25, 0.3) is 0 Å². The van der Waals surface area contributed by atoms with Crippen molar-refractivity contribution in [2.24, 2.45) is 0 Å². The first-order valence-electron chi connectivity index (χ1n) is 5.91. The number of rotatable bonds is 3. The van der Waals surface area contributed by atoms with Crippen LogP contribution in [0.1, 0.15) is 22.8 Å². The predicted molar refractivity (Wildman–Crippen MR) is 64.1 cm³/mol. The van der Waals surface area contributed by atoms with Gasteiger partial charge < -0.3 is 9.84 Å². The fraction of sp³-hybridized carbons (Fsp3) is 0.462. The molecule has 1 aromatic rings. The fourth-order valence-corrected chi connectivity index (χ4v) is 2.06. The minimum atomic E-state index is -1.24. The van der Waals surface area contributed by atoms with Crippen LogP contribution in [0.4, 0.5) is 4.39 Å². The SMILES string of the molecule is CC1COCCN1Cc1ccc(C(=O)O)c(F)c1. The van der Waals surface area contributed by atoms with Crippen LogP contribution in [0.5, 0.6) is 0 Å². The van der Waals surface area contributed by atoms with Crippen LogP contribution in [0.3, 0.4) is 0 Å². The summed E-state index contributed by atoms with van der Waals surface area (Å²) >= 11 is 0. The van der Waals surface area contributed by atoms with Gasteiger partial charge in [-0.25, -0.2) is 9.18 Å². The highest BCUT2D eigenvalue weighted by Crippen LogP contribution is 2.15. The average molecular weight is 253 g/mol. The summed E-state index contributed by atoms with van der Waals surface area (Å²) in [5.74, 6) is -1.92. The van der Waals surface area contributed by atoms with Gasteiger partial charge in [0.25, 0.3) is 0 Å². The van der Waals surface area contributed by atoms with Gasteiger partial charge in [0, 0.05) is 19.1 Å². The number of ether oxygens (including phenoxy) is 1. The van der Waals surface area contributed by atoms with E-state index in [1.165, 1.54) is 12.1 Å². The second-order valence-electron chi connectivity index (χ2n) is 4.51. The Kier molecular flexibility index (Phi) is 3.93. The van der Waals surface area contributed by atoms with E-state index in [9.17, 15) is 9.18 Å². The minimum absolute atomic E-state index is 0.284. The first kappa shape index (κ1) is 13.0. The molecule has 1 atom stereocenters. The van der Waals surface area contributed by atoms with Gasteiger partial charge in [0.1, 0.15) is 5.82 Å². The van der Waals surface area contributed by atoms with Gasteiger partial charge in [0.15, 0.2) is 0 Å². The Bertz CT molecular complexity index is 450. The highest BCUT2D eigenvalue weighted by molar-refractivity contribution is 5.87. The summed E-state index contributed by atoms with van der Waals surface area (Å²) < 4.78 is 18.9. The van der Waals surface area contributed by atoms with Crippen molar-refractivity contribution >= 4 is 5.97 Å². The molecule has 1 aliphatic heterocycles. The fourth-order valence-electron chi connectivity index (χ4n) is 2.06. The normalized spacial score (nSPS) is 20.9. The standard InChI is InChI=1S/C13H16FNO3/c1-9-8-18-5-4-15(9)7-10-2-3-11(13(16)17)12(14)6-10/h2-3,6,9H,4-5,7-8H2,1H3,(H,16,17). The van der Waals surface area contributed by atoms with Crippen LogP contribution >= 0.6 is 0 Å². The third-order valence-electron chi connectivity index (χ3n) is 3.15. The van der Waals surface area contributed by atoms with Crippen LogP contribution in [0.2, 0.25) is 0 Å². The molecular weight excluding hydrogens is 237 g/mol. The Morgan fingerprint density at radius 1 is 1.61 bits per heavy atom. The number of carbonyl (C=O) groups is 1. The van der Waals surface area contributed by atoms with Gasteiger partial charge in [-0.3, -0.25) is 4.90 Å². The van der Waals surface area contributed by atoms with E-state index in [1.807, 2.05) is 0 Å². The number of hydrogen-bond donors (Lipinski definition) is 1. The molecule has 0 aliphatic carbocycles. The van der Waals surface area contributed by atoms with Gasteiger partial charge in [-0.1, -0.05) is 6.07 Å². The summed E-state index contributed by atoms with van der Waals surface area (Å²) in [5, 5.41) is 8.75. The van der Waals surface area contributed by atoms with E-state index < -0.39 is 11.8 Å². The molecule has 18 heavy (non-hydrogen) atoms. The van der Waals surface area contributed by atoms with Crippen molar-refractivity contribution in [1.82, 2.24) is 4.90 Å². The van der Waals surface area contributed by atoms with E-state index in [0.717, 1.165) is 12.1 Å². The molecule has 1 heterocycles. The van der Waals surface area contributed by atoms with Crippen molar-refractivity contribution in [3.63, 3.8) is 0 Å². The first-order chi connectivity index (χ1) is 8.58. The molecule has 0 amide bonds. The molecule has 0 radical (unpaired) electrons. The highest BCUT2D eigenvalue weighted by Gasteiger charge is 2.19. The topological polar surface area (TPSA) is 49.8 Å². The van der Waals surface area contributed by atoms with E-state index in [-0.39, 0.29) is 5.56 Å². The van der Waals surface area contributed by atoms with Crippen molar-refractivity contribution in [3.05, 3.63) is 35.1 Å². The van der Waals surface area contributed by atoms with Gasteiger partial charge in [-0.2, -0.15) is 0 Å². The third kappa shape index (κ3) is 2.86. The molecule has 0 aromatic heterocycles. The lowest BCUT2D eigenvalue weighted by molar-refractivity contribution is -0.00440. The van der Waals surface area contributed by atoms with Gasteiger partial charge in [0.2, 0.25) is 0 Å². The summed E-state index contributed by atoms with van der Waals surface area (Å²) in [6.45, 7) is 4.83. The van der Waals surface area contributed by atoms with Crippen LogP contribution in [0, 0.1) is 5.82 Å². The molecule has 1 aliphatic rings. The molecular formula is C13H16FNO3. The number of halogens is 1. The van der Waals surface area contributed by atoms with E-state index in [1.54, 1.807) is 6.07 Å².